The maximum absolute atomic E-state index is 13.8. The van der Waals surface area contributed by atoms with Crippen molar-refractivity contribution in [2.45, 2.75) is 57.4 Å². The molecule has 2 saturated heterocycles. The molecule has 0 radical (unpaired) electrons. The number of carbonyl (C=O) groups excluding carboxylic acids is 3. The van der Waals surface area contributed by atoms with Gasteiger partial charge in [-0.25, -0.2) is 0 Å². The van der Waals surface area contributed by atoms with Crippen molar-refractivity contribution < 1.29 is 23.9 Å². The van der Waals surface area contributed by atoms with E-state index < -0.39 is 0 Å². The van der Waals surface area contributed by atoms with Crippen molar-refractivity contribution in [3.63, 3.8) is 0 Å². The molecule has 2 fully saturated rings. The van der Waals surface area contributed by atoms with Crippen LogP contribution in [0, 0.1) is 11.8 Å². The van der Waals surface area contributed by atoms with E-state index in [0.29, 0.717) is 75.7 Å². The molecule has 14 heteroatoms. The largest absolute Gasteiger partial charge is 0.493 e. The summed E-state index contributed by atoms with van der Waals surface area (Å²) < 4.78 is 12.8. The zero-order chi connectivity index (χ0) is 30.6. The van der Waals surface area contributed by atoms with Gasteiger partial charge in [-0.05, 0) is 67.6 Å². The van der Waals surface area contributed by atoms with E-state index in [1.54, 1.807) is 14.2 Å². The predicted octanol–water partition coefficient (Wildman–Crippen LogP) is 1.56. The van der Waals surface area contributed by atoms with Gasteiger partial charge in [0.25, 0.3) is 11.9 Å². The first-order valence-corrected chi connectivity index (χ1v) is 15.3. The Morgan fingerprint density at radius 3 is 2.61 bits per heavy atom. The number of amides is 3. The van der Waals surface area contributed by atoms with Crippen LogP contribution in [0.2, 0.25) is 0 Å². The Labute approximate surface area is 255 Å². The average Bonchev–Trinajstić information content (AvgIpc) is 3.74. The summed E-state index contributed by atoms with van der Waals surface area (Å²) in [5.74, 6) is 1.94. The summed E-state index contributed by atoms with van der Waals surface area (Å²) in [6, 6.07) is 3.98. The van der Waals surface area contributed by atoms with Gasteiger partial charge < -0.3 is 24.6 Å². The number of aryl methyl sites for hydroxylation is 2. The van der Waals surface area contributed by atoms with Crippen LogP contribution in [-0.2, 0) is 22.4 Å². The first-order chi connectivity index (χ1) is 21.4. The van der Waals surface area contributed by atoms with Crippen molar-refractivity contribution in [2.24, 2.45) is 11.8 Å². The van der Waals surface area contributed by atoms with Crippen molar-refractivity contribution in [1.29, 1.82) is 0 Å². The number of ether oxygens (including phenoxy) is 2. The van der Waals surface area contributed by atoms with Crippen LogP contribution in [0.4, 0.5) is 0 Å². The molecule has 3 atom stereocenters. The van der Waals surface area contributed by atoms with Gasteiger partial charge in [-0.3, -0.25) is 24.0 Å². The Morgan fingerprint density at radius 2 is 1.82 bits per heavy atom. The van der Waals surface area contributed by atoms with E-state index in [9.17, 15) is 14.4 Å². The number of methoxy groups -OCH3 is 2. The maximum Gasteiger partial charge on any atom is 0.291 e. The van der Waals surface area contributed by atoms with Crippen LogP contribution in [0.15, 0.2) is 24.8 Å². The van der Waals surface area contributed by atoms with Crippen LogP contribution in [-0.4, -0.2) is 104 Å². The topological polar surface area (TPSA) is 160 Å². The highest BCUT2D eigenvalue weighted by Crippen LogP contribution is 2.37. The minimum absolute atomic E-state index is 0.0108. The summed E-state index contributed by atoms with van der Waals surface area (Å²) in [5.41, 5.74) is 2.02. The van der Waals surface area contributed by atoms with E-state index in [2.05, 4.69) is 36.8 Å². The number of nitrogens with zero attached hydrogens (tertiary/aromatic N) is 7. The van der Waals surface area contributed by atoms with Gasteiger partial charge in [0.15, 0.2) is 11.5 Å². The van der Waals surface area contributed by atoms with E-state index >= 15 is 0 Å². The van der Waals surface area contributed by atoms with E-state index in [-0.39, 0.29) is 41.4 Å². The third-order valence-corrected chi connectivity index (χ3v) is 8.99. The molecule has 0 unspecified atom stereocenters. The number of aromatic amines is 1. The lowest BCUT2D eigenvalue weighted by Crippen LogP contribution is -2.60. The molecule has 3 aromatic rings. The number of piperidine rings is 2. The number of likely N-dealkylation sites (tertiary alicyclic amines) is 1. The molecule has 0 spiro atoms. The van der Waals surface area contributed by atoms with Gasteiger partial charge >= 0.3 is 0 Å². The van der Waals surface area contributed by atoms with Gasteiger partial charge in [0.2, 0.25) is 17.6 Å². The summed E-state index contributed by atoms with van der Waals surface area (Å²) in [6.07, 6.45) is 8.10. The zero-order valence-corrected chi connectivity index (χ0v) is 25.2. The fourth-order valence-corrected chi connectivity index (χ4v) is 6.99. The van der Waals surface area contributed by atoms with Crippen LogP contribution in [0.5, 0.6) is 11.5 Å². The first kappa shape index (κ1) is 29.6. The zero-order valence-electron chi connectivity index (χ0n) is 25.2. The molecule has 0 saturated carbocycles. The monoisotopic (exact) mass is 605 g/mol. The minimum atomic E-state index is -0.219. The molecule has 5 heterocycles. The molecule has 2 aromatic heterocycles. The molecule has 234 valence electrons. The molecule has 44 heavy (non-hydrogen) atoms. The van der Waals surface area contributed by atoms with Crippen LogP contribution in [0.1, 0.15) is 60.3 Å². The van der Waals surface area contributed by atoms with E-state index in [1.807, 2.05) is 15.9 Å². The Hall–Kier alpha value is -4.49. The molecular weight excluding hydrogens is 566 g/mol. The molecule has 6 rings (SSSR count). The van der Waals surface area contributed by atoms with Gasteiger partial charge in [-0.1, -0.05) is 6.07 Å². The quantitative estimate of drug-likeness (QED) is 0.450. The summed E-state index contributed by atoms with van der Waals surface area (Å²) in [6.45, 7) is 2.20. The smallest absolute Gasteiger partial charge is 0.291 e. The molecule has 14 nitrogen and oxygen atoms in total. The summed E-state index contributed by atoms with van der Waals surface area (Å²) >= 11 is 0. The summed E-state index contributed by atoms with van der Waals surface area (Å²) in [5, 5.41) is 17.5. The first-order valence-electron chi connectivity index (χ1n) is 15.3. The van der Waals surface area contributed by atoms with Crippen LogP contribution < -0.4 is 14.8 Å². The Bertz CT molecular complexity index is 1490. The molecule has 1 aromatic carbocycles. The fraction of sp³-hybridized carbons (Fsp3) is 0.567. The number of aromatic nitrogens is 6. The van der Waals surface area contributed by atoms with Crippen molar-refractivity contribution in [3.05, 3.63) is 41.7 Å². The Balaban J connectivity index is 1.20. The van der Waals surface area contributed by atoms with E-state index in [4.69, 9.17) is 9.47 Å². The molecule has 3 aliphatic heterocycles. The number of benzene rings is 1. The van der Waals surface area contributed by atoms with Gasteiger partial charge in [-0.15, -0.1) is 15.3 Å². The van der Waals surface area contributed by atoms with Crippen LogP contribution in [0.3, 0.4) is 0 Å². The van der Waals surface area contributed by atoms with Crippen molar-refractivity contribution >= 4 is 17.7 Å². The number of nitrogens with one attached hydrogen (secondary N) is 2. The second kappa shape index (κ2) is 13.0. The van der Waals surface area contributed by atoms with Gasteiger partial charge in [0.05, 0.1) is 14.2 Å². The SMILES string of the molecule is COc1cc2cc(c1OC)CCCNC(=O)CCC[C@H]1[C@H]3C[C@@H](CN(C(=O)c4nc(-n5cnnc5)n[nH]4)C3)CN1C(=O)CC2. The van der Waals surface area contributed by atoms with Crippen LogP contribution in [0.25, 0.3) is 5.95 Å². The molecule has 0 aliphatic carbocycles. The Morgan fingerprint density at radius 1 is 0.977 bits per heavy atom. The van der Waals surface area contributed by atoms with Crippen molar-refractivity contribution in [3.8, 4) is 17.4 Å². The maximum atomic E-state index is 13.8. The summed E-state index contributed by atoms with van der Waals surface area (Å²) in [4.78, 5) is 48.2. The van der Waals surface area contributed by atoms with Gasteiger partial charge in [-0.2, -0.15) is 4.98 Å². The number of hydrogen-bond acceptors (Lipinski definition) is 9. The third kappa shape index (κ3) is 6.24. The second-order valence-corrected chi connectivity index (χ2v) is 11.9. The molecule has 4 bridgehead atoms. The molecular formula is C30H39N9O5. The van der Waals surface area contributed by atoms with Crippen LogP contribution >= 0.6 is 0 Å². The predicted molar refractivity (Wildman–Crippen MR) is 157 cm³/mol. The lowest BCUT2D eigenvalue weighted by Gasteiger charge is -2.51. The number of H-pyrrole nitrogens is 1. The fourth-order valence-electron chi connectivity index (χ4n) is 6.99. The van der Waals surface area contributed by atoms with Gasteiger partial charge in [0, 0.05) is 45.1 Å². The minimum Gasteiger partial charge on any atom is -0.493 e. The van der Waals surface area contributed by atoms with Gasteiger partial charge in [0.1, 0.15) is 12.7 Å². The lowest BCUT2D eigenvalue weighted by atomic mass is 9.77. The molecule has 3 amide bonds. The third-order valence-electron chi connectivity index (χ3n) is 8.99. The van der Waals surface area contributed by atoms with Crippen molar-refractivity contribution in [1.82, 2.24) is 45.1 Å². The number of rotatable bonds is 4. The Kier molecular flexibility index (Phi) is 8.75. The highest BCUT2D eigenvalue weighted by atomic mass is 16.5. The van der Waals surface area contributed by atoms with E-state index in [0.717, 1.165) is 30.4 Å². The van der Waals surface area contributed by atoms with Crippen molar-refractivity contribution in [2.75, 3.05) is 40.4 Å². The molecule has 3 aliphatic rings. The lowest BCUT2D eigenvalue weighted by molar-refractivity contribution is -0.140. The summed E-state index contributed by atoms with van der Waals surface area (Å²) in [7, 11) is 3.24. The second-order valence-electron chi connectivity index (χ2n) is 11.9. The van der Waals surface area contributed by atoms with E-state index in [1.165, 1.54) is 17.2 Å². The average molecular weight is 606 g/mol. The normalized spacial score (nSPS) is 23.1. The molecule has 2 N–H and O–H groups in total. The highest BCUT2D eigenvalue weighted by Gasteiger charge is 2.44. The number of hydrogen-bond donors (Lipinski definition) is 2. The standard InChI is InChI=1S/C30H39N9O5/c1-43-24-13-19-8-9-26(41)39-15-20-12-22(16-37(14-20)29(42)28-34-30(36-35-28)38-17-32-33-18-38)23(39)6-3-7-25(40)31-10-4-5-21(11-19)27(24)44-2/h11,13,17-18,20,22-23H,3-10,12,14-16H2,1-2H3,(H,31,40)(H,34,35,36)/t20-,22-,23-/m0/s1. The number of carbonyl (C=O) groups is 3. The number of fused-ring (bicyclic) bond motifs is 6. The highest BCUT2D eigenvalue weighted by molar-refractivity contribution is 5.90.